The zero-order valence-electron chi connectivity index (χ0n) is 16.5. The van der Waals surface area contributed by atoms with Crippen molar-refractivity contribution in [3.05, 3.63) is 98.6 Å². The van der Waals surface area contributed by atoms with Crippen LogP contribution in [0.25, 0.3) is 16.5 Å². The standard InChI is InChI=1S/C23H18Cl2N4O2/c1-13(28-18-11-20(25)27-12-16(18)22(26)30)19-10-14-6-5-9-17(24)21(14)23(31)29(19)15-7-3-2-4-8-15/h2-13H,1H3,(H2,26,30)(H,27,28). The zero-order valence-corrected chi connectivity index (χ0v) is 18.0. The Morgan fingerprint density at radius 1 is 1.10 bits per heavy atom. The second-order valence-electron chi connectivity index (χ2n) is 7.03. The van der Waals surface area contributed by atoms with Gasteiger partial charge in [0.2, 0.25) is 0 Å². The predicted octanol–water partition coefficient (Wildman–Crippen LogP) is 4.96. The van der Waals surface area contributed by atoms with Gasteiger partial charge in [0.25, 0.3) is 11.5 Å². The molecule has 6 nitrogen and oxygen atoms in total. The number of anilines is 1. The minimum atomic E-state index is -0.635. The van der Waals surface area contributed by atoms with Crippen molar-refractivity contribution in [2.24, 2.45) is 5.73 Å². The first-order valence-electron chi connectivity index (χ1n) is 9.48. The highest BCUT2D eigenvalue weighted by atomic mass is 35.5. The Labute approximate surface area is 188 Å². The molecule has 0 saturated heterocycles. The van der Waals surface area contributed by atoms with Gasteiger partial charge >= 0.3 is 0 Å². The largest absolute Gasteiger partial charge is 0.376 e. The molecule has 0 aliphatic carbocycles. The van der Waals surface area contributed by atoms with E-state index in [9.17, 15) is 9.59 Å². The molecule has 0 radical (unpaired) electrons. The van der Waals surface area contributed by atoms with Crippen molar-refractivity contribution >= 4 is 45.6 Å². The van der Waals surface area contributed by atoms with E-state index in [-0.39, 0.29) is 16.3 Å². The fourth-order valence-electron chi connectivity index (χ4n) is 3.55. The highest BCUT2D eigenvalue weighted by molar-refractivity contribution is 6.35. The number of hydrogen-bond acceptors (Lipinski definition) is 4. The van der Waals surface area contributed by atoms with Gasteiger partial charge in [-0.2, -0.15) is 0 Å². The molecule has 1 unspecified atom stereocenters. The number of nitrogens with zero attached hydrogens (tertiary/aromatic N) is 2. The van der Waals surface area contributed by atoms with Crippen molar-refractivity contribution in [3.8, 4) is 5.69 Å². The number of carbonyl (C=O) groups is 1. The molecule has 4 rings (SSSR count). The maximum atomic E-state index is 13.5. The number of fused-ring (bicyclic) bond motifs is 1. The summed E-state index contributed by atoms with van der Waals surface area (Å²) in [5.74, 6) is -0.635. The van der Waals surface area contributed by atoms with Gasteiger partial charge in [-0.25, -0.2) is 4.98 Å². The summed E-state index contributed by atoms with van der Waals surface area (Å²) in [6.07, 6.45) is 1.32. The lowest BCUT2D eigenvalue weighted by molar-refractivity contribution is 0.100. The molecule has 8 heteroatoms. The SMILES string of the molecule is CC(Nc1cc(Cl)ncc1C(N)=O)c1cc2cccc(Cl)c2c(=O)n1-c1ccccc1. The van der Waals surface area contributed by atoms with Crippen molar-refractivity contribution < 1.29 is 4.79 Å². The Morgan fingerprint density at radius 3 is 2.55 bits per heavy atom. The van der Waals surface area contributed by atoms with Crippen LogP contribution in [0.15, 0.2) is 71.7 Å². The molecule has 0 fully saturated rings. The molecule has 0 saturated carbocycles. The Bertz CT molecular complexity index is 1350. The van der Waals surface area contributed by atoms with E-state index in [2.05, 4.69) is 10.3 Å². The van der Waals surface area contributed by atoms with Crippen LogP contribution in [0.5, 0.6) is 0 Å². The third-order valence-electron chi connectivity index (χ3n) is 4.99. The normalized spacial score (nSPS) is 12.0. The van der Waals surface area contributed by atoms with Crippen LogP contribution in [0, 0.1) is 0 Å². The van der Waals surface area contributed by atoms with Crippen molar-refractivity contribution in [2.45, 2.75) is 13.0 Å². The van der Waals surface area contributed by atoms with E-state index < -0.39 is 11.9 Å². The van der Waals surface area contributed by atoms with E-state index in [0.29, 0.717) is 27.5 Å². The van der Waals surface area contributed by atoms with Gasteiger partial charge in [0, 0.05) is 17.6 Å². The number of rotatable bonds is 5. The summed E-state index contributed by atoms with van der Waals surface area (Å²) < 4.78 is 1.61. The smallest absolute Gasteiger partial charge is 0.264 e. The average Bonchev–Trinajstić information content (AvgIpc) is 2.74. The monoisotopic (exact) mass is 452 g/mol. The lowest BCUT2D eigenvalue weighted by Gasteiger charge is -2.23. The Hall–Kier alpha value is -3.35. The first-order valence-corrected chi connectivity index (χ1v) is 10.2. The van der Waals surface area contributed by atoms with E-state index in [4.69, 9.17) is 28.9 Å². The first-order chi connectivity index (χ1) is 14.9. The van der Waals surface area contributed by atoms with Crippen LogP contribution in [0.1, 0.15) is 29.0 Å². The Morgan fingerprint density at radius 2 is 1.84 bits per heavy atom. The van der Waals surface area contributed by atoms with Crippen LogP contribution >= 0.6 is 23.2 Å². The molecule has 156 valence electrons. The lowest BCUT2D eigenvalue weighted by atomic mass is 10.1. The number of nitrogens with two attached hydrogens (primary N) is 1. The number of amides is 1. The van der Waals surface area contributed by atoms with Gasteiger partial charge in [-0.1, -0.05) is 53.5 Å². The number of primary amides is 1. The maximum absolute atomic E-state index is 13.5. The molecule has 0 aliphatic heterocycles. The highest BCUT2D eigenvalue weighted by Gasteiger charge is 2.19. The molecule has 1 atom stereocenters. The molecule has 2 aromatic heterocycles. The molecule has 0 aliphatic rings. The van der Waals surface area contributed by atoms with Crippen molar-refractivity contribution in [2.75, 3.05) is 5.32 Å². The molecule has 2 heterocycles. The van der Waals surface area contributed by atoms with Crippen molar-refractivity contribution in [1.29, 1.82) is 0 Å². The zero-order chi connectivity index (χ0) is 22.1. The first kappa shape index (κ1) is 20.9. The van der Waals surface area contributed by atoms with Crippen LogP contribution in [0.2, 0.25) is 10.2 Å². The third-order valence-corrected chi connectivity index (χ3v) is 5.51. The predicted molar refractivity (Wildman–Crippen MR) is 124 cm³/mol. The van der Waals surface area contributed by atoms with E-state index in [1.807, 2.05) is 49.4 Å². The van der Waals surface area contributed by atoms with Crippen LogP contribution < -0.4 is 16.6 Å². The second-order valence-corrected chi connectivity index (χ2v) is 7.83. The van der Waals surface area contributed by atoms with Gasteiger partial charge in [0.1, 0.15) is 5.15 Å². The van der Waals surface area contributed by atoms with Gasteiger partial charge in [0.05, 0.1) is 27.7 Å². The maximum Gasteiger partial charge on any atom is 0.264 e. The van der Waals surface area contributed by atoms with Gasteiger partial charge in [-0.15, -0.1) is 0 Å². The quantitative estimate of drug-likeness (QED) is 0.418. The molecule has 4 aromatic rings. The topological polar surface area (TPSA) is 90.0 Å². The summed E-state index contributed by atoms with van der Waals surface area (Å²) in [5, 5.41) is 5.00. The fourth-order valence-corrected chi connectivity index (χ4v) is 3.98. The van der Waals surface area contributed by atoms with Crippen LogP contribution in [-0.2, 0) is 0 Å². The van der Waals surface area contributed by atoms with E-state index in [0.717, 1.165) is 5.39 Å². The van der Waals surface area contributed by atoms with Crippen molar-refractivity contribution in [3.63, 3.8) is 0 Å². The summed E-state index contributed by atoms with van der Waals surface area (Å²) in [5.41, 5.74) is 7.25. The number of pyridine rings is 2. The average molecular weight is 453 g/mol. The van der Waals surface area contributed by atoms with Crippen molar-refractivity contribution in [1.82, 2.24) is 9.55 Å². The summed E-state index contributed by atoms with van der Waals surface area (Å²) in [7, 11) is 0. The minimum Gasteiger partial charge on any atom is -0.376 e. The summed E-state index contributed by atoms with van der Waals surface area (Å²) in [6.45, 7) is 1.88. The van der Waals surface area contributed by atoms with E-state index in [1.54, 1.807) is 16.7 Å². The Balaban J connectivity index is 1.92. The molecule has 31 heavy (non-hydrogen) atoms. The third kappa shape index (κ3) is 4.00. The molecular weight excluding hydrogens is 435 g/mol. The second kappa shape index (κ2) is 8.41. The van der Waals surface area contributed by atoms with Crippen LogP contribution in [0.3, 0.4) is 0 Å². The minimum absolute atomic E-state index is 0.202. The van der Waals surface area contributed by atoms with E-state index >= 15 is 0 Å². The number of hydrogen-bond donors (Lipinski definition) is 2. The van der Waals surface area contributed by atoms with Crippen LogP contribution in [-0.4, -0.2) is 15.5 Å². The van der Waals surface area contributed by atoms with Gasteiger partial charge < -0.3 is 11.1 Å². The lowest BCUT2D eigenvalue weighted by Crippen LogP contribution is -2.26. The number of carbonyl (C=O) groups excluding carboxylic acids is 1. The molecule has 0 spiro atoms. The van der Waals surface area contributed by atoms with Gasteiger partial charge in [-0.3, -0.25) is 14.2 Å². The highest BCUT2D eigenvalue weighted by Crippen LogP contribution is 2.28. The molecule has 1 amide bonds. The molecular formula is C23H18Cl2N4O2. The molecule has 3 N–H and O–H groups in total. The van der Waals surface area contributed by atoms with Crippen LogP contribution in [0.4, 0.5) is 5.69 Å². The summed E-state index contributed by atoms with van der Waals surface area (Å²) >= 11 is 12.4. The number of para-hydroxylation sites is 1. The number of benzene rings is 2. The number of nitrogens with one attached hydrogen (secondary N) is 1. The Kier molecular flexibility index (Phi) is 5.67. The number of aromatic nitrogens is 2. The van der Waals surface area contributed by atoms with Gasteiger partial charge in [-0.05, 0) is 42.6 Å². The van der Waals surface area contributed by atoms with Gasteiger partial charge in [0.15, 0.2) is 0 Å². The molecule has 2 aromatic carbocycles. The molecule has 0 bridgehead atoms. The van der Waals surface area contributed by atoms with E-state index in [1.165, 1.54) is 12.3 Å². The number of halogens is 2. The fraction of sp³-hybridized carbons (Fsp3) is 0.0870. The summed E-state index contributed by atoms with van der Waals surface area (Å²) in [6, 6.07) is 17.6. The summed E-state index contributed by atoms with van der Waals surface area (Å²) in [4.78, 5) is 29.3.